The average molecular weight is 245 g/mol. The summed E-state index contributed by atoms with van der Waals surface area (Å²) >= 11 is 0. The van der Waals surface area contributed by atoms with Crippen molar-refractivity contribution < 1.29 is 4.79 Å². The van der Waals surface area contributed by atoms with E-state index in [-0.39, 0.29) is 6.03 Å². The molecule has 0 radical (unpaired) electrons. The van der Waals surface area contributed by atoms with E-state index in [4.69, 9.17) is 0 Å². The number of nitrogens with one attached hydrogen (secondary N) is 2. The molecule has 0 saturated heterocycles. The van der Waals surface area contributed by atoms with Crippen LogP contribution >= 0.6 is 0 Å². The monoisotopic (exact) mass is 245 g/mol. The van der Waals surface area contributed by atoms with Crippen LogP contribution < -0.4 is 10.6 Å². The van der Waals surface area contributed by atoms with Gasteiger partial charge in [-0.3, -0.25) is 4.98 Å². The molecule has 0 bridgehead atoms. The zero-order chi connectivity index (χ0) is 12.5. The summed E-state index contributed by atoms with van der Waals surface area (Å²) in [6.45, 7) is 2.52. The highest BCUT2D eigenvalue weighted by Gasteiger charge is 2.46. The smallest absolute Gasteiger partial charge is 0.315 e. The summed E-state index contributed by atoms with van der Waals surface area (Å²) in [6.07, 6.45) is 5.50. The van der Waals surface area contributed by atoms with Gasteiger partial charge < -0.3 is 10.6 Å². The number of fused-ring (bicyclic) bond motifs is 1. The van der Waals surface area contributed by atoms with Gasteiger partial charge in [0.1, 0.15) is 0 Å². The summed E-state index contributed by atoms with van der Waals surface area (Å²) in [5, 5.41) is 5.96. The van der Waals surface area contributed by atoms with E-state index in [1.54, 1.807) is 6.20 Å². The fraction of sp³-hybridized carbons (Fsp3) is 0.571. The summed E-state index contributed by atoms with van der Waals surface area (Å²) in [6, 6.07) is 4.27. The number of amides is 2. The van der Waals surface area contributed by atoms with Gasteiger partial charge in [0.05, 0.1) is 0 Å². The fourth-order valence-electron chi connectivity index (χ4n) is 2.97. The van der Waals surface area contributed by atoms with Gasteiger partial charge in [-0.1, -0.05) is 0 Å². The number of carbonyl (C=O) groups is 1. The van der Waals surface area contributed by atoms with Crippen molar-refractivity contribution in [1.29, 1.82) is 0 Å². The summed E-state index contributed by atoms with van der Waals surface area (Å²) in [5.74, 6) is 1.80. The molecule has 4 nitrogen and oxygen atoms in total. The zero-order valence-corrected chi connectivity index (χ0v) is 10.6. The lowest BCUT2D eigenvalue weighted by atomic mass is 10.2. The maximum absolute atomic E-state index is 11.7. The van der Waals surface area contributed by atoms with Crippen LogP contribution in [0.4, 0.5) is 4.79 Å². The summed E-state index contributed by atoms with van der Waals surface area (Å²) < 4.78 is 0. The van der Waals surface area contributed by atoms with E-state index in [0.29, 0.717) is 12.6 Å². The molecule has 2 aliphatic rings. The second-order valence-electron chi connectivity index (χ2n) is 5.56. The average Bonchev–Trinajstić information content (AvgIpc) is 2.95. The molecule has 96 valence electrons. The van der Waals surface area contributed by atoms with Gasteiger partial charge in [-0.15, -0.1) is 0 Å². The van der Waals surface area contributed by atoms with Crippen LogP contribution in [0.5, 0.6) is 0 Å². The molecule has 2 unspecified atom stereocenters. The van der Waals surface area contributed by atoms with Crippen molar-refractivity contribution in [3.8, 4) is 0 Å². The largest absolute Gasteiger partial charge is 0.335 e. The normalized spacial score (nSPS) is 28.6. The summed E-state index contributed by atoms with van der Waals surface area (Å²) in [4.78, 5) is 15.9. The molecule has 0 spiro atoms. The lowest BCUT2D eigenvalue weighted by Crippen LogP contribution is -2.41. The number of urea groups is 1. The maximum atomic E-state index is 11.7. The highest BCUT2D eigenvalue weighted by molar-refractivity contribution is 5.74. The number of rotatable bonds is 3. The van der Waals surface area contributed by atoms with Crippen LogP contribution in [0.1, 0.15) is 30.5 Å². The van der Waals surface area contributed by atoms with Gasteiger partial charge in [0.2, 0.25) is 0 Å². The van der Waals surface area contributed by atoms with Gasteiger partial charge in [0.15, 0.2) is 0 Å². The van der Waals surface area contributed by atoms with E-state index < -0.39 is 0 Å². The van der Waals surface area contributed by atoms with E-state index in [9.17, 15) is 4.79 Å². The molecule has 3 rings (SSSR count). The van der Waals surface area contributed by atoms with Gasteiger partial charge in [0, 0.05) is 24.5 Å². The van der Waals surface area contributed by atoms with Gasteiger partial charge in [0.25, 0.3) is 0 Å². The minimum atomic E-state index is -0.0456. The molecule has 0 aromatic carbocycles. The molecule has 2 fully saturated rings. The van der Waals surface area contributed by atoms with E-state index >= 15 is 0 Å². The minimum absolute atomic E-state index is 0.0456. The SMILES string of the molecule is Cc1cc(CNC(=O)NC2CC3CC3C2)ccn1. The minimum Gasteiger partial charge on any atom is -0.335 e. The van der Waals surface area contributed by atoms with Gasteiger partial charge in [-0.25, -0.2) is 4.79 Å². The van der Waals surface area contributed by atoms with Crippen LogP contribution in [0.25, 0.3) is 0 Å². The number of nitrogens with zero attached hydrogens (tertiary/aromatic N) is 1. The van der Waals surface area contributed by atoms with Crippen LogP contribution in [0.15, 0.2) is 18.3 Å². The Balaban J connectivity index is 1.43. The molecule has 4 heteroatoms. The Morgan fingerprint density at radius 1 is 1.39 bits per heavy atom. The van der Waals surface area contributed by atoms with Crippen LogP contribution in [0.2, 0.25) is 0 Å². The Labute approximate surface area is 107 Å². The van der Waals surface area contributed by atoms with E-state index in [1.807, 2.05) is 19.1 Å². The lowest BCUT2D eigenvalue weighted by Gasteiger charge is -2.15. The topological polar surface area (TPSA) is 54.0 Å². The maximum Gasteiger partial charge on any atom is 0.315 e. The lowest BCUT2D eigenvalue weighted by molar-refractivity contribution is 0.236. The van der Waals surface area contributed by atoms with E-state index in [1.165, 1.54) is 19.3 Å². The Bertz CT molecular complexity index is 450. The first-order chi connectivity index (χ1) is 8.70. The number of aromatic nitrogens is 1. The predicted molar refractivity (Wildman–Crippen MR) is 69.0 cm³/mol. The van der Waals surface area contributed by atoms with Crippen molar-refractivity contribution in [2.75, 3.05) is 0 Å². The third kappa shape index (κ3) is 2.63. The van der Waals surface area contributed by atoms with Gasteiger partial charge in [-0.2, -0.15) is 0 Å². The number of pyridine rings is 1. The first-order valence-corrected chi connectivity index (χ1v) is 6.66. The molecular formula is C14H19N3O. The molecule has 2 aliphatic carbocycles. The Hall–Kier alpha value is -1.58. The molecule has 1 heterocycles. The van der Waals surface area contributed by atoms with Crippen molar-refractivity contribution in [2.45, 2.75) is 38.8 Å². The van der Waals surface area contributed by atoms with Gasteiger partial charge >= 0.3 is 6.03 Å². The van der Waals surface area contributed by atoms with Crippen molar-refractivity contribution in [1.82, 2.24) is 15.6 Å². The summed E-state index contributed by atoms with van der Waals surface area (Å²) in [7, 11) is 0. The molecule has 2 atom stereocenters. The van der Waals surface area contributed by atoms with Crippen molar-refractivity contribution in [3.63, 3.8) is 0 Å². The van der Waals surface area contributed by atoms with Gasteiger partial charge in [-0.05, 0) is 55.7 Å². The first kappa shape index (κ1) is 11.5. The van der Waals surface area contributed by atoms with Crippen LogP contribution in [0, 0.1) is 18.8 Å². The molecule has 2 amide bonds. The fourth-order valence-corrected chi connectivity index (χ4v) is 2.97. The zero-order valence-electron chi connectivity index (χ0n) is 10.6. The molecule has 0 aliphatic heterocycles. The summed E-state index contributed by atoms with van der Waals surface area (Å²) in [5.41, 5.74) is 2.07. The Kier molecular flexibility index (Phi) is 2.94. The quantitative estimate of drug-likeness (QED) is 0.855. The third-order valence-electron chi connectivity index (χ3n) is 3.99. The molecule has 2 saturated carbocycles. The highest BCUT2D eigenvalue weighted by atomic mass is 16.2. The third-order valence-corrected chi connectivity index (χ3v) is 3.99. The van der Waals surface area contributed by atoms with Crippen LogP contribution in [-0.4, -0.2) is 17.1 Å². The standard InChI is InChI=1S/C14H19N3O/c1-9-4-10(2-3-15-9)8-16-14(18)17-13-6-11-5-12(11)7-13/h2-4,11-13H,5-8H2,1H3,(H2,16,17,18). The number of hydrogen-bond donors (Lipinski definition) is 2. The second kappa shape index (κ2) is 4.59. The Morgan fingerprint density at radius 2 is 2.17 bits per heavy atom. The Morgan fingerprint density at radius 3 is 2.89 bits per heavy atom. The molecular weight excluding hydrogens is 226 g/mol. The number of aryl methyl sites for hydroxylation is 1. The predicted octanol–water partition coefficient (Wildman–Crippen LogP) is 1.99. The molecule has 1 aromatic rings. The highest BCUT2D eigenvalue weighted by Crippen LogP contribution is 2.51. The number of hydrogen-bond acceptors (Lipinski definition) is 2. The molecule has 18 heavy (non-hydrogen) atoms. The van der Waals surface area contributed by atoms with Crippen LogP contribution in [0.3, 0.4) is 0 Å². The molecule has 2 N–H and O–H groups in total. The van der Waals surface area contributed by atoms with E-state index in [2.05, 4.69) is 15.6 Å². The van der Waals surface area contributed by atoms with Crippen molar-refractivity contribution in [2.24, 2.45) is 11.8 Å². The van der Waals surface area contributed by atoms with Crippen molar-refractivity contribution in [3.05, 3.63) is 29.6 Å². The number of carbonyl (C=O) groups excluding carboxylic acids is 1. The van der Waals surface area contributed by atoms with Crippen LogP contribution in [-0.2, 0) is 6.54 Å². The van der Waals surface area contributed by atoms with Crippen molar-refractivity contribution >= 4 is 6.03 Å². The first-order valence-electron chi connectivity index (χ1n) is 6.66. The van der Waals surface area contributed by atoms with E-state index in [0.717, 1.165) is 23.1 Å². The second-order valence-corrected chi connectivity index (χ2v) is 5.56. The molecule has 1 aromatic heterocycles.